The SMILES string of the molecule is CCNC(c1cnccn1)c1cnc(C)cn1. The minimum Gasteiger partial charge on any atom is -0.304 e. The van der Waals surface area contributed by atoms with E-state index in [1.54, 1.807) is 31.0 Å². The van der Waals surface area contributed by atoms with Crippen molar-refractivity contribution in [3.63, 3.8) is 0 Å². The average Bonchev–Trinajstić information content (AvgIpc) is 2.38. The van der Waals surface area contributed by atoms with Crippen molar-refractivity contribution in [2.75, 3.05) is 6.54 Å². The molecule has 1 N–H and O–H groups in total. The zero-order valence-corrected chi connectivity index (χ0v) is 9.96. The molecule has 5 heteroatoms. The van der Waals surface area contributed by atoms with Crippen molar-refractivity contribution in [2.45, 2.75) is 19.9 Å². The second-order valence-corrected chi connectivity index (χ2v) is 3.70. The number of aromatic nitrogens is 4. The fourth-order valence-corrected chi connectivity index (χ4v) is 1.58. The molecule has 0 amide bonds. The summed E-state index contributed by atoms with van der Waals surface area (Å²) < 4.78 is 0. The summed E-state index contributed by atoms with van der Waals surface area (Å²) in [5.74, 6) is 0. The minimum atomic E-state index is -0.0539. The van der Waals surface area contributed by atoms with E-state index in [2.05, 4.69) is 25.3 Å². The van der Waals surface area contributed by atoms with Crippen molar-refractivity contribution in [1.29, 1.82) is 0 Å². The number of nitrogens with one attached hydrogen (secondary N) is 1. The Labute approximate surface area is 100 Å². The Morgan fingerprint density at radius 3 is 2.47 bits per heavy atom. The van der Waals surface area contributed by atoms with Gasteiger partial charge in [0.25, 0.3) is 0 Å². The third-order valence-corrected chi connectivity index (χ3v) is 2.38. The number of rotatable bonds is 4. The first-order chi connectivity index (χ1) is 8.31. The zero-order chi connectivity index (χ0) is 12.1. The van der Waals surface area contributed by atoms with Gasteiger partial charge in [0.15, 0.2) is 0 Å². The van der Waals surface area contributed by atoms with Crippen LogP contribution in [0.25, 0.3) is 0 Å². The molecule has 0 bridgehead atoms. The summed E-state index contributed by atoms with van der Waals surface area (Å²) in [6, 6.07) is -0.0539. The van der Waals surface area contributed by atoms with Crippen LogP contribution in [0.5, 0.6) is 0 Å². The van der Waals surface area contributed by atoms with Crippen LogP contribution in [0.15, 0.2) is 31.0 Å². The third kappa shape index (κ3) is 2.82. The lowest BCUT2D eigenvalue weighted by Crippen LogP contribution is -2.24. The molecule has 0 aliphatic heterocycles. The maximum Gasteiger partial charge on any atom is 0.0956 e. The van der Waals surface area contributed by atoms with Crippen LogP contribution in [-0.4, -0.2) is 26.5 Å². The van der Waals surface area contributed by atoms with Crippen LogP contribution in [0.3, 0.4) is 0 Å². The molecule has 0 aromatic carbocycles. The van der Waals surface area contributed by atoms with Gasteiger partial charge in [-0.25, -0.2) is 0 Å². The molecule has 2 aromatic heterocycles. The van der Waals surface area contributed by atoms with Gasteiger partial charge in [0.1, 0.15) is 0 Å². The highest BCUT2D eigenvalue weighted by molar-refractivity contribution is 5.18. The van der Waals surface area contributed by atoms with Gasteiger partial charge < -0.3 is 5.32 Å². The summed E-state index contributed by atoms with van der Waals surface area (Å²) in [7, 11) is 0. The Balaban J connectivity index is 2.32. The van der Waals surface area contributed by atoms with E-state index in [9.17, 15) is 0 Å². The van der Waals surface area contributed by atoms with Crippen molar-refractivity contribution >= 4 is 0 Å². The molecule has 0 aliphatic carbocycles. The molecular weight excluding hydrogens is 214 g/mol. The van der Waals surface area contributed by atoms with Gasteiger partial charge in [0, 0.05) is 18.6 Å². The Kier molecular flexibility index (Phi) is 3.72. The molecule has 2 aromatic rings. The summed E-state index contributed by atoms with van der Waals surface area (Å²) >= 11 is 0. The smallest absolute Gasteiger partial charge is 0.0956 e. The number of hydrogen-bond acceptors (Lipinski definition) is 5. The number of nitrogens with zero attached hydrogens (tertiary/aromatic N) is 4. The van der Waals surface area contributed by atoms with E-state index in [4.69, 9.17) is 0 Å². The van der Waals surface area contributed by atoms with Crippen LogP contribution < -0.4 is 5.32 Å². The largest absolute Gasteiger partial charge is 0.304 e. The second-order valence-electron chi connectivity index (χ2n) is 3.70. The lowest BCUT2D eigenvalue weighted by Gasteiger charge is -2.15. The Morgan fingerprint density at radius 2 is 1.88 bits per heavy atom. The standard InChI is InChI=1S/C12H15N5/c1-3-14-12(10-7-13-4-5-15-10)11-8-16-9(2)6-17-11/h4-8,12,14H,3H2,1-2H3. The molecule has 0 fully saturated rings. The molecule has 17 heavy (non-hydrogen) atoms. The fraction of sp³-hybridized carbons (Fsp3) is 0.333. The molecule has 1 atom stereocenters. The van der Waals surface area contributed by atoms with Gasteiger partial charge >= 0.3 is 0 Å². The first-order valence-electron chi connectivity index (χ1n) is 5.59. The highest BCUT2D eigenvalue weighted by atomic mass is 15.0. The fourth-order valence-electron chi connectivity index (χ4n) is 1.58. The van der Waals surface area contributed by atoms with E-state index in [0.717, 1.165) is 23.6 Å². The molecule has 2 rings (SSSR count). The topological polar surface area (TPSA) is 63.6 Å². The molecule has 5 nitrogen and oxygen atoms in total. The molecule has 88 valence electrons. The predicted octanol–water partition coefficient (Wildman–Crippen LogP) is 1.27. The monoisotopic (exact) mass is 229 g/mol. The lowest BCUT2D eigenvalue weighted by atomic mass is 10.1. The molecular formula is C12H15N5. The maximum atomic E-state index is 4.38. The van der Waals surface area contributed by atoms with Crippen LogP contribution in [0.2, 0.25) is 0 Å². The Bertz CT molecular complexity index is 454. The molecule has 0 aliphatic rings. The normalized spacial score (nSPS) is 12.4. The molecule has 0 saturated heterocycles. The molecule has 1 unspecified atom stereocenters. The van der Waals surface area contributed by atoms with E-state index in [-0.39, 0.29) is 6.04 Å². The van der Waals surface area contributed by atoms with Crippen LogP contribution in [0.1, 0.15) is 30.0 Å². The van der Waals surface area contributed by atoms with Crippen molar-refractivity contribution in [2.24, 2.45) is 0 Å². The maximum absolute atomic E-state index is 4.38. The second kappa shape index (κ2) is 5.45. The first-order valence-corrected chi connectivity index (χ1v) is 5.59. The van der Waals surface area contributed by atoms with E-state index in [1.807, 2.05) is 13.8 Å². The summed E-state index contributed by atoms with van der Waals surface area (Å²) in [5.41, 5.74) is 2.62. The summed E-state index contributed by atoms with van der Waals surface area (Å²) in [6.45, 7) is 4.79. The van der Waals surface area contributed by atoms with Gasteiger partial charge in [-0.05, 0) is 13.5 Å². The predicted molar refractivity (Wildman–Crippen MR) is 64.3 cm³/mol. The Morgan fingerprint density at radius 1 is 1.06 bits per heavy atom. The zero-order valence-electron chi connectivity index (χ0n) is 9.96. The van der Waals surface area contributed by atoms with Crippen LogP contribution in [0, 0.1) is 6.92 Å². The van der Waals surface area contributed by atoms with Crippen LogP contribution in [-0.2, 0) is 0 Å². The van der Waals surface area contributed by atoms with Gasteiger partial charge in [-0.2, -0.15) is 0 Å². The quantitative estimate of drug-likeness (QED) is 0.855. The molecule has 0 radical (unpaired) electrons. The minimum absolute atomic E-state index is 0.0539. The van der Waals surface area contributed by atoms with Gasteiger partial charge in [0.05, 0.1) is 35.5 Å². The third-order valence-electron chi connectivity index (χ3n) is 2.38. The van der Waals surface area contributed by atoms with E-state index in [0.29, 0.717) is 0 Å². The van der Waals surface area contributed by atoms with Crippen molar-refractivity contribution in [3.8, 4) is 0 Å². The van der Waals surface area contributed by atoms with Crippen molar-refractivity contribution in [3.05, 3.63) is 48.1 Å². The average molecular weight is 229 g/mol. The number of aryl methyl sites for hydroxylation is 1. The highest BCUT2D eigenvalue weighted by Crippen LogP contribution is 2.16. The highest BCUT2D eigenvalue weighted by Gasteiger charge is 2.15. The van der Waals surface area contributed by atoms with Gasteiger partial charge in [-0.15, -0.1) is 0 Å². The first kappa shape index (κ1) is 11.6. The molecule has 2 heterocycles. The molecule has 0 saturated carbocycles. The van der Waals surface area contributed by atoms with Crippen molar-refractivity contribution in [1.82, 2.24) is 25.3 Å². The summed E-state index contributed by atoms with van der Waals surface area (Å²) in [5, 5.41) is 3.33. The lowest BCUT2D eigenvalue weighted by molar-refractivity contribution is 0.595. The van der Waals surface area contributed by atoms with Gasteiger partial charge in [0.2, 0.25) is 0 Å². The van der Waals surface area contributed by atoms with Crippen LogP contribution >= 0.6 is 0 Å². The van der Waals surface area contributed by atoms with Gasteiger partial charge in [-0.1, -0.05) is 6.92 Å². The molecule has 0 spiro atoms. The van der Waals surface area contributed by atoms with Gasteiger partial charge in [-0.3, -0.25) is 19.9 Å². The van der Waals surface area contributed by atoms with E-state index < -0.39 is 0 Å². The Hall–Kier alpha value is -1.88. The van der Waals surface area contributed by atoms with Crippen molar-refractivity contribution < 1.29 is 0 Å². The summed E-state index contributed by atoms with van der Waals surface area (Å²) in [4.78, 5) is 17.0. The number of hydrogen-bond donors (Lipinski definition) is 1. The van der Waals surface area contributed by atoms with E-state index in [1.165, 1.54) is 0 Å². The summed E-state index contributed by atoms with van der Waals surface area (Å²) in [6.07, 6.45) is 8.62. The van der Waals surface area contributed by atoms with Crippen LogP contribution in [0.4, 0.5) is 0 Å². The van der Waals surface area contributed by atoms with E-state index >= 15 is 0 Å².